The summed E-state index contributed by atoms with van der Waals surface area (Å²) in [6.45, 7) is 2.45. The van der Waals surface area contributed by atoms with Crippen LogP contribution in [0.2, 0.25) is 0 Å². The number of benzene rings is 1. The molecule has 108 valence electrons. The lowest BCUT2D eigenvalue weighted by Crippen LogP contribution is -2.30. The maximum Gasteiger partial charge on any atom is 0.261 e. The van der Waals surface area contributed by atoms with Gasteiger partial charge in [-0.15, -0.1) is 0 Å². The van der Waals surface area contributed by atoms with E-state index in [0.717, 1.165) is 6.42 Å². The van der Waals surface area contributed by atoms with Crippen molar-refractivity contribution in [3.63, 3.8) is 0 Å². The molecule has 1 saturated carbocycles. The second-order valence-electron chi connectivity index (χ2n) is 5.43. The van der Waals surface area contributed by atoms with Crippen molar-refractivity contribution in [1.29, 1.82) is 0 Å². The molecule has 0 saturated heterocycles. The SMILES string of the molecule is C1CCCCC1.CCCN1C(=O)c2ccccc2C1=O. The highest BCUT2D eigenvalue weighted by Crippen LogP contribution is 2.22. The van der Waals surface area contributed by atoms with Crippen LogP contribution in [0.3, 0.4) is 0 Å². The number of nitrogens with zero attached hydrogens (tertiary/aromatic N) is 1. The summed E-state index contributed by atoms with van der Waals surface area (Å²) in [7, 11) is 0. The molecule has 2 amide bonds. The van der Waals surface area contributed by atoms with E-state index in [9.17, 15) is 9.59 Å². The molecular weight excluding hydrogens is 250 g/mol. The minimum atomic E-state index is -0.160. The Labute approximate surface area is 121 Å². The maximum atomic E-state index is 11.7. The number of hydrogen-bond acceptors (Lipinski definition) is 2. The second-order valence-corrected chi connectivity index (χ2v) is 5.43. The Morgan fingerprint density at radius 2 is 1.25 bits per heavy atom. The summed E-state index contributed by atoms with van der Waals surface area (Å²) in [6, 6.07) is 6.95. The smallest absolute Gasteiger partial charge is 0.261 e. The number of hydrogen-bond donors (Lipinski definition) is 0. The molecule has 1 aliphatic heterocycles. The molecule has 0 unspecified atom stereocenters. The van der Waals surface area contributed by atoms with Crippen LogP contribution >= 0.6 is 0 Å². The Morgan fingerprint density at radius 3 is 1.60 bits per heavy atom. The summed E-state index contributed by atoms with van der Waals surface area (Å²) in [6.07, 6.45) is 9.80. The first-order valence-corrected chi connectivity index (χ1v) is 7.71. The fourth-order valence-corrected chi connectivity index (χ4v) is 2.73. The molecule has 0 atom stereocenters. The normalized spacial score (nSPS) is 17.6. The molecule has 1 aliphatic carbocycles. The molecule has 3 heteroatoms. The summed E-state index contributed by atoms with van der Waals surface area (Å²) in [4.78, 5) is 24.7. The van der Waals surface area contributed by atoms with E-state index in [1.165, 1.54) is 43.4 Å². The van der Waals surface area contributed by atoms with Crippen LogP contribution in [-0.2, 0) is 0 Å². The van der Waals surface area contributed by atoms with Crippen molar-refractivity contribution >= 4 is 11.8 Å². The second kappa shape index (κ2) is 7.22. The zero-order valence-electron chi connectivity index (χ0n) is 12.2. The van der Waals surface area contributed by atoms with Crippen molar-refractivity contribution in [1.82, 2.24) is 4.90 Å². The van der Waals surface area contributed by atoms with Gasteiger partial charge in [0.25, 0.3) is 11.8 Å². The van der Waals surface area contributed by atoms with Gasteiger partial charge < -0.3 is 0 Å². The Balaban J connectivity index is 0.000000205. The van der Waals surface area contributed by atoms with Gasteiger partial charge in [0.15, 0.2) is 0 Å². The third kappa shape index (κ3) is 3.27. The number of carbonyl (C=O) groups excluding carboxylic acids is 2. The fourth-order valence-electron chi connectivity index (χ4n) is 2.73. The van der Waals surface area contributed by atoms with Gasteiger partial charge in [-0.3, -0.25) is 14.5 Å². The minimum absolute atomic E-state index is 0.160. The summed E-state index contributed by atoms with van der Waals surface area (Å²) in [5.41, 5.74) is 1.07. The first-order chi connectivity index (χ1) is 9.75. The monoisotopic (exact) mass is 273 g/mol. The van der Waals surface area contributed by atoms with Gasteiger partial charge in [0, 0.05) is 6.54 Å². The number of amides is 2. The molecule has 0 bridgehead atoms. The average Bonchev–Trinajstić information content (AvgIpc) is 2.76. The molecule has 1 aromatic rings. The van der Waals surface area contributed by atoms with Gasteiger partial charge >= 0.3 is 0 Å². The van der Waals surface area contributed by atoms with E-state index in [-0.39, 0.29) is 11.8 Å². The van der Waals surface area contributed by atoms with E-state index in [4.69, 9.17) is 0 Å². The first kappa shape index (κ1) is 14.8. The first-order valence-electron chi connectivity index (χ1n) is 7.71. The van der Waals surface area contributed by atoms with Crippen LogP contribution in [-0.4, -0.2) is 23.3 Å². The predicted molar refractivity (Wildman–Crippen MR) is 79.8 cm³/mol. The summed E-state index contributed by atoms with van der Waals surface area (Å²) in [5, 5.41) is 0. The van der Waals surface area contributed by atoms with Crippen molar-refractivity contribution < 1.29 is 9.59 Å². The number of fused-ring (bicyclic) bond motifs is 1. The van der Waals surface area contributed by atoms with Gasteiger partial charge in [0.05, 0.1) is 11.1 Å². The maximum absolute atomic E-state index is 11.7. The molecule has 3 nitrogen and oxygen atoms in total. The van der Waals surface area contributed by atoms with E-state index < -0.39 is 0 Å². The van der Waals surface area contributed by atoms with E-state index in [1.54, 1.807) is 24.3 Å². The van der Waals surface area contributed by atoms with Crippen molar-refractivity contribution in [3.8, 4) is 0 Å². The van der Waals surface area contributed by atoms with Crippen LogP contribution in [0.1, 0.15) is 72.6 Å². The van der Waals surface area contributed by atoms with E-state index in [1.807, 2.05) is 6.92 Å². The summed E-state index contributed by atoms with van der Waals surface area (Å²) < 4.78 is 0. The molecule has 0 radical (unpaired) electrons. The zero-order valence-corrected chi connectivity index (χ0v) is 12.2. The third-order valence-electron chi connectivity index (χ3n) is 3.83. The Bertz CT molecular complexity index is 431. The molecule has 0 N–H and O–H groups in total. The molecule has 3 rings (SSSR count). The Hall–Kier alpha value is -1.64. The van der Waals surface area contributed by atoms with Crippen LogP contribution in [0.5, 0.6) is 0 Å². The van der Waals surface area contributed by atoms with Gasteiger partial charge in [0.2, 0.25) is 0 Å². The average molecular weight is 273 g/mol. The minimum Gasteiger partial charge on any atom is -0.274 e. The van der Waals surface area contributed by atoms with Gasteiger partial charge in [-0.1, -0.05) is 57.6 Å². The quantitative estimate of drug-likeness (QED) is 0.763. The van der Waals surface area contributed by atoms with Crippen LogP contribution in [0.15, 0.2) is 24.3 Å². The molecule has 2 aliphatic rings. The van der Waals surface area contributed by atoms with Crippen LogP contribution in [0.4, 0.5) is 0 Å². The van der Waals surface area contributed by atoms with Crippen molar-refractivity contribution in [2.45, 2.75) is 51.9 Å². The van der Waals surface area contributed by atoms with E-state index >= 15 is 0 Å². The lowest BCUT2D eigenvalue weighted by Gasteiger charge is -2.11. The Kier molecular flexibility index (Phi) is 5.33. The van der Waals surface area contributed by atoms with Crippen molar-refractivity contribution in [3.05, 3.63) is 35.4 Å². The zero-order chi connectivity index (χ0) is 14.4. The largest absolute Gasteiger partial charge is 0.274 e. The van der Waals surface area contributed by atoms with Gasteiger partial charge in [-0.2, -0.15) is 0 Å². The van der Waals surface area contributed by atoms with Crippen molar-refractivity contribution in [2.75, 3.05) is 6.54 Å². The topological polar surface area (TPSA) is 37.4 Å². The summed E-state index contributed by atoms with van der Waals surface area (Å²) in [5.74, 6) is -0.320. The highest BCUT2D eigenvalue weighted by atomic mass is 16.2. The van der Waals surface area contributed by atoms with Crippen molar-refractivity contribution in [2.24, 2.45) is 0 Å². The number of carbonyl (C=O) groups is 2. The third-order valence-corrected chi connectivity index (χ3v) is 3.83. The van der Waals surface area contributed by atoms with Gasteiger partial charge in [-0.25, -0.2) is 0 Å². The lowest BCUT2D eigenvalue weighted by atomic mass is 10.0. The van der Waals surface area contributed by atoms with Crippen LogP contribution < -0.4 is 0 Å². The number of imide groups is 1. The van der Waals surface area contributed by atoms with Crippen LogP contribution in [0.25, 0.3) is 0 Å². The molecule has 20 heavy (non-hydrogen) atoms. The highest BCUT2D eigenvalue weighted by molar-refractivity contribution is 6.21. The Morgan fingerprint density at radius 1 is 0.850 bits per heavy atom. The van der Waals surface area contributed by atoms with Crippen LogP contribution in [0, 0.1) is 0 Å². The predicted octanol–water partition coefficient (Wildman–Crippen LogP) is 4.03. The van der Waals surface area contributed by atoms with E-state index in [2.05, 4.69) is 0 Å². The molecule has 1 fully saturated rings. The standard InChI is InChI=1S/C11H11NO2.C6H12/c1-2-7-12-10(13)8-5-3-4-6-9(8)11(12)14;1-2-4-6-5-3-1/h3-6H,2,7H2,1H3;1-6H2. The summed E-state index contributed by atoms with van der Waals surface area (Å²) >= 11 is 0. The number of rotatable bonds is 2. The van der Waals surface area contributed by atoms with Gasteiger partial charge in [0.1, 0.15) is 0 Å². The highest BCUT2D eigenvalue weighted by Gasteiger charge is 2.33. The molecule has 1 aromatic carbocycles. The van der Waals surface area contributed by atoms with Gasteiger partial charge in [-0.05, 0) is 18.6 Å². The molecular formula is C17H23NO2. The fraction of sp³-hybridized carbons (Fsp3) is 0.529. The molecule has 0 aromatic heterocycles. The molecule has 0 spiro atoms. The molecule has 1 heterocycles. The lowest BCUT2D eigenvalue weighted by molar-refractivity contribution is 0.0654. The van der Waals surface area contributed by atoms with E-state index in [0.29, 0.717) is 17.7 Å².